The van der Waals surface area contributed by atoms with E-state index in [2.05, 4.69) is 50.2 Å². The van der Waals surface area contributed by atoms with Crippen molar-refractivity contribution in [1.29, 1.82) is 0 Å². The van der Waals surface area contributed by atoms with Crippen LogP contribution in [0.3, 0.4) is 0 Å². The molecular formula is C27H30N2OS. The van der Waals surface area contributed by atoms with E-state index in [0.29, 0.717) is 12.5 Å². The van der Waals surface area contributed by atoms with Crippen LogP contribution in [0.5, 0.6) is 0 Å². The first-order chi connectivity index (χ1) is 15.0. The van der Waals surface area contributed by atoms with Crippen LogP contribution in [0.25, 0.3) is 10.2 Å². The molecule has 1 amide bonds. The minimum Gasteiger partial charge on any atom is -0.283 e. The maximum atomic E-state index is 14.3. The van der Waals surface area contributed by atoms with Gasteiger partial charge in [-0.3, -0.25) is 9.69 Å². The van der Waals surface area contributed by atoms with E-state index in [1.807, 2.05) is 11.0 Å². The Hall–Kier alpha value is -2.20. The Bertz CT molecular complexity index is 1110. The number of amides is 1. The quantitative estimate of drug-likeness (QED) is 0.463. The summed E-state index contributed by atoms with van der Waals surface area (Å²) < 4.78 is 1.18. The van der Waals surface area contributed by atoms with E-state index < -0.39 is 0 Å². The molecule has 0 radical (unpaired) electrons. The summed E-state index contributed by atoms with van der Waals surface area (Å²) in [5, 5.41) is 0.869. The molecule has 1 aromatic heterocycles. The highest BCUT2D eigenvalue weighted by Crippen LogP contribution is 2.61. The normalized spacial score (nSPS) is 28.9. The van der Waals surface area contributed by atoms with E-state index >= 15 is 0 Å². The van der Waals surface area contributed by atoms with Crippen molar-refractivity contribution in [3.63, 3.8) is 0 Å². The highest BCUT2D eigenvalue weighted by molar-refractivity contribution is 7.22. The average molecular weight is 431 g/mol. The molecule has 4 fully saturated rings. The van der Waals surface area contributed by atoms with Gasteiger partial charge in [0.2, 0.25) is 5.91 Å². The Morgan fingerprint density at radius 2 is 1.65 bits per heavy atom. The molecule has 31 heavy (non-hydrogen) atoms. The van der Waals surface area contributed by atoms with E-state index in [1.165, 1.54) is 40.7 Å². The maximum absolute atomic E-state index is 14.3. The van der Waals surface area contributed by atoms with Crippen LogP contribution in [0, 0.1) is 37.0 Å². The summed E-state index contributed by atoms with van der Waals surface area (Å²) in [5.41, 5.74) is 4.55. The Balaban J connectivity index is 1.42. The van der Waals surface area contributed by atoms with E-state index in [0.717, 1.165) is 47.7 Å². The van der Waals surface area contributed by atoms with Gasteiger partial charge in [-0.05, 0) is 92.9 Å². The Morgan fingerprint density at radius 3 is 2.29 bits per heavy atom. The summed E-state index contributed by atoms with van der Waals surface area (Å²) >= 11 is 1.67. The highest BCUT2D eigenvalue weighted by atomic mass is 32.1. The number of benzene rings is 2. The molecule has 0 saturated heterocycles. The van der Waals surface area contributed by atoms with Gasteiger partial charge in [-0.25, -0.2) is 4.98 Å². The lowest BCUT2D eigenvalue weighted by atomic mass is 9.49. The van der Waals surface area contributed by atoms with Crippen LogP contribution >= 0.6 is 11.3 Å². The Morgan fingerprint density at radius 1 is 1.00 bits per heavy atom. The summed E-state index contributed by atoms with van der Waals surface area (Å²) in [6, 6.07) is 14.8. The zero-order valence-electron chi connectivity index (χ0n) is 18.4. The van der Waals surface area contributed by atoms with Crippen LogP contribution in [0.2, 0.25) is 0 Å². The number of aromatic nitrogens is 1. The number of aryl methyl sites for hydroxylation is 2. The predicted octanol–water partition coefficient (Wildman–Crippen LogP) is 6.66. The standard InChI is InChI=1S/C27H30N2OS/c1-17-8-9-23-24(18(17)2)28-26(31-23)29(16-19-6-4-3-5-7-19)25(30)27-13-20-10-21(14-27)12-22(11-20)15-27/h3-9,20-22H,10-16H2,1-2H3. The van der Waals surface area contributed by atoms with Gasteiger partial charge in [0.05, 0.1) is 22.2 Å². The first kappa shape index (κ1) is 19.5. The number of hydrogen-bond donors (Lipinski definition) is 0. The topological polar surface area (TPSA) is 33.2 Å². The number of fused-ring (bicyclic) bond motifs is 1. The van der Waals surface area contributed by atoms with Crippen molar-refractivity contribution < 1.29 is 4.79 Å². The number of thiazole rings is 1. The van der Waals surface area contributed by atoms with Crippen LogP contribution in [-0.4, -0.2) is 10.9 Å². The van der Waals surface area contributed by atoms with Crippen molar-refractivity contribution in [2.24, 2.45) is 23.2 Å². The van der Waals surface area contributed by atoms with Crippen molar-refractivity contribution in [2.75, 3.05) is 4.90 Å². The monoisotopic (exact) mass is 430 g/mol. The van der Waals surface area contributed by atoms with Gasteiger partial charge < -0.3 is 0 Å². The molecule has 4 aliphatic rings. The zero-order valence-corrected chi connectivity index (χ0v) is 19.3. The Kier molecular flexibility index (Phi) is 4.50. The van der Waals surface area contributed by atoms with Crippen molar-refractivity contribution in [3.05, 3.63) is 59.2 Å². The largest absolute Gasteiger partial charge is 0.283 e. The van der Waals surface area contributed by atoms with Gasteiger partial charge in [-0.1, -0.05) is 47.7 Å². The minimum atomic E-state index is -0.160. The first-order valence-electron chi connectivity index (χ1n) is 11.7. The smallest absolute Gasteiger partial charge is 0.235 e. The molecule has 3 aromatic rings. The molecule has 2 aromatic carbocycles. The third kappa shape index (κ3) is 3.22. The van der Waals surface area contributed by atoms with E-state index in [4.69, 9.17) is 4.98 Å². The van der Waals surface area contributed by atoms with Gasteiger partial charge in [0.15, 0.2) is 5.13 Å². The summed E-state index contributed by atoms with van der Waals surface area (Å²) in [6.07, 6.45) is 7.32. The molecular weight excluding hydrogens is 400 g/mol. The van der Waals surface area contributed by atoms with Gasteiger partial charge in [-0.2, -0.15) is 0 Å². The van der Waals surface area contributed by atoms with Crippen molar-refractivity contribution in [2.45, 2.75) is 58.9 Å². The molecule has 4 aliphatic carbocycles. The summed E-state index contributed by atoms with van der Waals surface area (Å²) in [5.74, 6) is 2.61. The third-order valence-corrected chi connectivity index (χ3v) is 9.27. The molecule has 0 N–H and O–H groups in total. The van der Waals surface area contributed by atoms with Gasteiger partial charge in [0.1, 0.15) is 0 Å². The van der Waals surface area contributed by atoms with Crippen molar-refractivity contribution in [1.82, 2.24) is 4.98 Å². The van der Waals surface area contributed by atoms with Gasteiger partial charge >= 0.3 is 0 Å². The molecule has 0 unspecified atom stereocenters. The molecule has 160 valence electrons. The molecule has 4 saturated carbocycles. The lowest BCUT2D eigenvalue weighted by Crippen LogP contribution is -2.54. The maximum Gasteiger partial charge on any atom is 0.235 e. The molecule has 3 nitrogen and oxygen atoms in total. The third-order valence-electron chi connectivity index (χ3n) is 8.22. The minimum absolute atomic E-state index is 0.160. The van der Waals surface area contributed by atoms with Gasteiger partial charge in [0, 0.05) is 0 Å². The molecule has 7 rings (SSSR count). The van der Waals surface area contributed by atoms with Crippen LogP contribution in [0.15, 0.2) is 42.5 Å². The molecule has 0 aliphatic heterocycles. The second-order valence-corrected chi connectivity index (χ2v) is 11.4. The number of hydrogen-bond acceptors (Lipinski definition) is 3. The highest BCUT2D eigenvalue weighted by Gasteiger charge is 2.56. The lowest BCUT2D eigenvalue weighted by molar-refractivity contribution is -0.143. The fourth-order valence-electron chi connectivity index (χ4n) is 6.98. The van der Waals surface area contributed by atoms with Gasteiger partial charge in [0.25, 0.3) is 0 Å². The molecule has 4 heteroatoms. The number of anilines is 1. The van der Waals surface area contributed by atoms with Crippen LogP contribution in [0.1, 0.15) is 55.2 Å². The lowest BCUT2D eigenvalue weighted by Gasteiger charge is -2.56. The van der Waals surface area contributed by atoms with Crippen molar-refractivity contribution >= 4 is 32.6 Å². The van der Waals surface area contributed by atoms with E-state index in [9.17, 15) is 4.79 Å². The predicted molar refractivity (Wildman–Crippen MR) is 127 cm³/mol. The summed E-state index contributed by atoms with van der Waals surface area (Å²) in [7, 11) is 0. The number of rotatable bonds is 4. The average Bonchev–Trinajstić information content (AvgIpc) is 3.19. The number of nitrogens with zero attached hydrogens (tertiary/aromatic N) is 2. The van der Waals surface area contributed by atoms with Crippen LogP contribution < -0.4 is 4.90 Å². The Labute approximate surface area is 188 Å². The van der Waals surface area contributed by atoms with Crippen molar-refractivity contribution in [3.8, 4) is 0 Å². The zero-order chi connectivity index (χ0) is 21.2. The second kappa shape index (κ2) is 7.16. The molecule has 1 heterocycles. The SMILES string of the molecule is Cc1ccc2sc(N(Cc3ccccc3)C(=O)C34CC5CC(CC(C5)C3)C4)nc2c1C. The number of carbonyl (C=O) groups excluding carboxylic acids is 1. The second-order valence-electron chi connectivity index (χ2n) is 10.4. The fraction of sp³-hybridized carbons (Fsp3) is 0.481. The van der Waals surface area contributed by atoms with E-state index in [-0.39, 0.29) is 5.41 Å². The summed E-state index contributed by atoms with van der Waals surface area (Å²) in [6.45, 7) is 4.89. The van der Waals surface area contributed by atoms with Crippen LogP contribution in [0.4, 0.5) is 5.13 Å². The summed E-state index contributed by atoms with van der Waals surface area (Å²) in [4.78, 5) is 21.4. The van der Waals surface area contributed by atoms with E-state index in [1.54, 1.807) is 11.3 Å². The number of carbonyl (C=O) groups is 1. The molecule has 4 bridgehead atoms. The molecule has 0 spiro atoms. The first-order valence-corrected chi connectivity index (χ1v) is 12.5. The van der Waals surface area contributed by atoms with Gasteiger partial charge in [-0.15, -0.1) is 0 Å². The molecule has 0 atom stereocenters. The fourth-order valence-corrected chi connectivity index (χ4v) is 8.00. The van der Waals surface area contributed by atoms with Crippen LogP contribution in [-0.2, 0) is 11.3 Å².